The summed E-state index contributed by atoms with van der Waals surface area (Å²) in [6, 6.07) is 7.47. The highest BCUT2D eigenvalue weighted by Crippen LogP contribution is 2.42. The van der Waals surface area contributed by atoms with Crippen LogP contribution in [0, 0.1) is 6.92 Å². The number of aromatic amines is 1. The Labute approximate surface area is 140 Å². The summed E-state index contributed by atoms with van der Waals surface area (Å²) in [4.78, 5) is 19.2. The van der Waals surface area contributed by atoms with Crippen LogP contribution in [0.4, 0.5) is 0 Å². The highest BCUT2D eigenvalue weighted by Gasteiger charge is 2.32. The molecule has 0 radical (unpaired) electrons. The van der Waals surface area contributed by atoms with E-state index < -0.39 is 6.10 Å². The van der Waals surface area contributed by atoms with E-state index in [1.165, 1.54) is 5.56 Å². The molecule has 2 aliphatic carbocycles. The molecule has 2 aromatic heterocycles. The highest BCUT2D eigenvalue weighted by molar-refractivity contribution is 5.30. The van der Waals surface area contributed by atoms with Crippen molar-refractivity contribution in [3.63, 3.8) is 0 Å². The third-order valence-corrected chi connectivity index (χ3v) is 5.06. The van der Waals surface area contributed by atoms with Gasteiger partial charge in [0.2, 0.25) is 5.56 Å². The second-order valence-electron chi connectivity index (χ2n) is 6.79. The zero-order valence-electron chi connectivity index (χ0n) is 13.8. The highest BCUT2D eigenvalue weighted by atomic mass is 16.5. The van der Waals surface area contributed by atoms with Crippen molar-refractivity contribution in [1.82, 2.24) is 9.97 Å². The van der Waals surface area contributed by atoms with Crippen molar-refractivity contribution in [1.29, 1.82) is 0 Å². The van der Waals surface area contributed by atoms with Gasteiger partial charge in [0.1, 0.15) is 0 Å². The van der Waals surface area contributed by atoms with E-state index in [0.29, 0.717) is 6.42 Å². The van der Waals surface area contributed by atoms with Gasteiger partial charge in [-0.3, -0.25) is 9.78 Å². The average molecular weight is 326 g/mol. The minimum absolute atomic E-state index is 0.0824. The van der Waals surface area contributed by atoms with E-state index in [0.717, 1.165) is 48.3 Å². The van der Waals surface area contributed by atoms with E-state index in [2.05, 4.69) is 9.97 Å². The van der Waals surface area contributed by atoms with Crippen LogP contribution in [0.5, 0.6) is 0 Å². The van der Waals surface area contributed by atoms with Crippen LogP contribution in [0.15, 0.2) is 29.1 Å². The van der Waals surface area contributed by atoms with Gasteiger partial charge in [0.25, 0.3) is 0 Å². The lowest BCUT2D eigenvalue weighted by molar-refractivity contribution is -0.0450. The summed E-state index contributed by atoms with van der Waals surface area (Å²) < 4.78 is 6.41. The number of H-pyrrole nitrogens is 1. The van der Waals surface area contributed by atoms with Gasteiger partial charge in [-0.1, -0.05) is 12.1 Å². The van der Waals surface area contributed by atoms with Gasteiger partial charge in [0.05, 0.1) is 29.7 Å². The number of nitrogens with zero attached hydrogens (tertiary/aromatic N) is 1. The van der Waals surface area contributed by atoms with Crippen LogP contribution in [-0.4, -0.2) is 15.1 Å². The smallest absolute Gasteiger partial charge is 0.248 e. The summed E-state index contributed by atoms with van der Waals surface area (Å²) in [5.41, 5.74) is 4.63. The van der Waals surface area contributed by atoms with E-state index >= 15 is 0 Å². The van der Waals surface area contributed by atoms with Crippen molar-refractivity contribution in [3.05, 3.63) is 62.8 Å². The Bertz CT molecular complexity index is 814. The summed E-state index contributed by atoms with van der Waals surface area (Å²) >= 11 is 0. The standard InChI is InChI=1S/C19H22N2O3/c1-11-5-7-13-15(9-8-14(22)19(13)20-11)24-16-4-2-3-12-6-10-17(23)21-18(12)16/h5-7,10,14-16,22H,2-4,8-9H2,1H3,(H,21,23). The molecular weight excluding hydrogens is 304 g/mol. The van der Waals surface area contributed by atoms with Crippen molar-refractivity contribution in [2.45, 2.75) is 57.3 Å². The monoisotopic (exact) mass is 326 g/mol. The average Bonchev–Trinajstić information content (AvgIpc) is 2.58. The fraction of sp³-hybridized carbons (Fsp3) is 0.474. The molecule has 3 unspecified atom stereocenters. The van der Waals surface area contributed by atoms with Crippen LogP contribution in [0.25, 0.3) is 0 Å². The minimum atomic E-state index is -0.516. The maximum atomic E-state index is 11.7. The number of pyridine rings is 2. The largest absolute Gasteiger partial charge is 0.387 e. The molecule has 0 fully saturated rings. The SMILES string of the molecule is Cc1ccc2c(n1)C(O)CCC2OC1CCCc2ccc(=O)[nH]c21. The van der Waals surface area contributed by atoms with Crippen molar-refractivity contribution >= 4 is 0 Å². The summed E-state index contributed by atoms with van der Waals surface area (Å²) in [6.45, 7) is 1.93. The number of nitrogens with one attached hydrogen (secondary N) is 1. The Kier molecular flexibility index (Phi) is 3.98. The van der Waals surface area contributed by atoms with Crippen LogP contribution in [-0.2, 0) is 11.2 Å². The predicted molar refractivity (Wildman–Crippen MR) is 89.7 cm³/mol. The Balaban J connectivity index is 1.65. The van der Waals surface area contributed by atoms with Gasteiger partial charge >= 0.3 is 0 Å². The van der Waals surface area contributed by atoms with E-state index in [4.69, 9.17) is 4.74 Å². The molecule has 0 aliphatic heterocycles. The Morgan fingerprint density at radius 2 is 2.04 bits per heavy atom. The Morgan fingerprint density at radius 3 is 2.92 bits per heavy atom. The molecule has 126 valence electrons. The van der Waals surface area contributed by atoms with E-state index in [-0.39, 0.29) is 17.8 Å². The lowest BCUT2D eigenvalue weighted by Crippen LogP contribution is -2.24. The van der Waals surface area contributed by atoms with Gasteiger partial charge in [-0.15, -0.1) is 0 Å². The maximum Gasteiger partial charge on any atom is 0.248 e. The molecule has 24 heavy (non-hydrogen) atoms. The number of hydrogen-bond acceptors (Lipinski definition) is 4. The van der Waals surface area contributed by atoms with Gasteiger partial charge in [0, 0.05) is 17.3 Å². The first-order valence-electron chi connectivity index (χ1n) is 8.65. The molecule has 2 heterocycles. The summed E-state index contributed by atoms with van der Waals surface area (Å²) in [5, 5.41) is 10.2. The Morgan fingerprint density at radius 1 is 1.17 bits per heavy atom. The molecule has 5 heteroatoms. The van der Waals surface area contributed by atoms with Crippen LogP contribution >= 0.6 is 0 Å². The number of rotatable bonds is 2. The quantitative estimate of drug-likeness (QED) is 0.889. The van der Waals surface area contributed by atoms with E-state index in [9.17, 15) is 9.90 Å². The number of aromatic nitrogens is 2. The number of fused-ring (bicyclic) bond motifs is 2. The van der Waals surface area contributed by atoms with Crippen molar-refractivity contribution in [3.8, 4) is 0 Å². The molecule has 3 atom stereocenters. The third kappa shape index (κ3) is 2.78. The molecule has 2 aromatic rings. The zero-order valence-corrected chi connectivity index (χ0v) is 13.8. The van der Waals surface area contributed by atoms with Crippen LogP contribution in [0.3, 0.4) is 0 Å². The lowest BCUT2D eigenvalue weighted by atomic mass is 9.89. The molecule has 0 spiro atoms. The lowest BCUT2D eigenvalue weighted by Gasteiger charge is -2.33. The Hall–Kier alpha value is -1.98. The molecule has 2 N–H and O–H groups in total. The van der Waals surface area contributed by atoms with E-state index in [1.807, 2.05) is 25.1 Å². The second-order valence-corrected chi connectivity index (χ2v) is 6.79. The molecule has 0 bridgehead atoms. The minimum Gasteiger partial charge on any atom is -0.387 e. The summed E-state index contributed by atoms with van der Waals surface area (Å²) in [7, 11) is 0. The molecular formula is C19H22N2O3. The molecule has 0 aromatic carbocycles. The van der Waals surface area contributed by atoms with Crippen LogP contribution < -0.4 is 5.56 Å². The molecule has 0 amide bonds. The summed E-state index contributed by atoms with van der Waals surface area (Å²) in [6.07, 6.45) is 3.65. The molecule has 0 saturated carbocycles. The fourth-order valence-electron chi connectivity index (χ4n) is 3.85. The fourth-order valence-corrected chi connectivity index (χ4v) is 3.85. The first-order valence-corrected chi connectivity index (χ1v) is 8.65. The number of aliphatic hydroxyl groups excluding tert-OH is 1. The zero-order chi connectivity index (χ0) is 16.7. The van der Waals surface area contributed by atoms with Crippen molar-refractivity contribution in [2.75, 3.05) is 0 Å². The molecule has 4 rings (SSSR count). The van der Waals surface area contributed by atoms with Gasteiger partial charge in [-0.25, -0.2) is 0 Å². The first-order chi connectivity index (χ1) is 11.6. The van der Waals surface area contributed by atoms with Gasteiger partial charge in [-0.2, -0.15) is 0 Å². The number of aliphatic hydroxyl groups is 1. The predicted octanol–water partition coefficient (Wildman–Crippen LogP) is 3.04. The maximum absolute atomic E-state index is 11.7. The van der Waals surface area contributed by atoms with Gasteiger partial charge in [0.15, 0.2) is 0 Å². The summed E-state index contributed by atoms with van der Waals surface area (Å²) in [5.74, 6) is 0. The first kappa shape index (κ1) is 15.5. The normalized spacial score (nSPS) is 25.8. The molecule has 5 nitrogen and oxygen atoms in total. The van der Waals surface area contributed by atoms with Crippen molar-refractivity contribution < 1.29 is 9.84 Å². The molecule has 2 aliphatic rings. The van der Waals surface area contributed by atoms with Crippen LogP contribution in [0.2, 0.25) is 0 Å². The number of ether oxygens (including phenoxy) is 1. The number of hydrogen-bond donors (Lipinski definition) is 2. The van der Waals surface area contributed by atoms with Crippen LogP contribution in [0.1, 0.15) is 72.2 Å². The topological polar surface area (TPSA) is 75.2 Å². The third-order valence-electron chi connectivity index (χ3n) is 5.06. The van der Waals surface area contributed by atoms with Gasteiger partial charge in [-0.05, 0) is 50.7 Å². The second kappa shape index (κ2) is 6.15. The molecule has 0 saturated heterocycles. The van der Waals surface area contributed by atoms with E-state index in [1.54, 1.807) is 6.07 Å². The number of aryl methyl sites for hydroxylation is 2. The van der Waals surface area contributed by atoms with Crippen molar-refractivity contribution in [2.24, 2.45) is 0 Å². The van der Waals surface area contributed by atoms with Gasteiger partial charge < -0.3 is 14.8 Å².